The summed E-state index contributed by atoms with van der Waals surface area (Å²) in [6, 6.07) is 17.3. The summed E-state index contributed by atoms with van der Waals surface area (Å²) < 4.78 is 5.52. The van der Waals surface area contributed by atoms with Crippen LogP contribution in [0.1, 0.15) is 16.7 Å². The van der Waals surface area contributed by atoms with Gasteiger partial charge in [-0.25, -0.2) is 4.79 Å². The molecule has 0 saturated heterocycles. The zero-order valence-electron chi connectivity index (χ0n) is 11.6. The van der Waals surface area contributed by atoms with Crippen LogP contribution >= 0.6 is 0 Å². The van der Waals surface area contributed by atoms with Crippen molar-refractivity contribution in [3.05, 3.63) is 71.3 Å². The molecule has 0 amide bonds. The largest absolute Gasteiger partial charge is 0.480 e. The average molecular weight is 283 g/mol. The number of ether oxygens (including phenoxy) is 1. The summed E-state index contributed by atoms with van der Waals surface area (Å²) >= 11 is 0. The van der Waals surface area contributed by atoms with E-state index < -0.39 is 11.5 Å². The second-order valence-corrected chi connectivity index (χ2v) is 5.20. The first kappa shape index (κ1) is 13.8. The van der Waals surface area contributed by atoms with Crippen molar-refractivity contribution in [2.24, 2.45) is 0 Å². The lowest BCUT2D eigenvalue weighted by atomic mass is 9.85. The Labute approximate surface area is 123 Å². The molecule has 2 aromatic carbocycles. The van der Waals surface area contributed by atoms with Crippen molar-refractivity contribution in [3.8, 4) is 0 Å². The van der Waals surface area contributed by atoms with Crippen LogP contribution in [-0.4, -0.2) is 17.7 Å². The Bertz CT molecular complexity index is 641. The van der Waals surface area contributed by atoms with E-state index in [9.17, 15) is 9.90 Å². The highest BCUT2D eigenvalue weighted by molar-refractivity contribution is 5.82. The van der Waals surface area contributed by atoms with Gasteiger partial charge in [0.2, 0.25) is 0 Å². The van der Waals surface area contributed by atoms with E-state index in [2.05, 4.69) is 5.32 Å². The summed E-state index contributed by atoms with van der Waals surface area (Å²) in [5, 5.41) is 13.0. The van der Waals surface area contributed by atoms with Crippen molar-refractivity contribution in [1.29, 1.82) is 0 Å². The monoisotopic (exact) mass is 283 g/mol. The number of carbonyl (C=O) groups is 1. The highest BCUT2D eigenvalue weighted by atomic mass is 16.5. The Hall–Kier alpha value is -2.17. The number of hydrogen-bond donors (Lipinski definition) is 2. The van der Waals surface area contributed by atoms with Crippen LogP contribution in [0.25, 0.3) is 0 Å². The van der Waals surface area contributed by atoms with Gasteiger partial charge in [-0.15, -0.1) is 0 Å². The molecule has 0 saturated carbocycles. The number of benzene rings is 2. The Balaban J connectivity index is 1.93. The van der Waals surface area contributed by atoms with Crippen molar-refractivity contribution in [3.63, 3.8) is 0 Å². The molecule has 108 valence electrons. The van der Waals surface area contributed by atoms with E-state index in [-0.39, 0.29) is 6.61 Å². The maximum atomic E-state index is 11.9. The Morgan fingerprint density at radius 1 is 1.14 bits per heavy atom. The number of rotatable bonds is 4. The minimum atomic E-state index is -1.19. The minimum absolute atomic E-state index is 0.131. The van der Waals surface area contributed by atoms with Gasteiger partial charge in [-0.2, -0.15) is 0 Å². The van der Waals surface area contributed by atoms with Crippen LogP contribution < -0.4 is 5.32 Å². The van der Waals surface area contributed by atoms with E-state index in [0.717, 1.165) is 16.7 Å². The predicted molar refractivity (Wildman–Crippen MR) is 78.7 cm³/mol. The van der Waals surface area contributed by atoms with Gasteiger partial charge in [0, 0.05) is 6.54 Å². The smallest absolute Gasteiger partial charge is 0.331 e. The van der Waals surface area contributed by atoms with Gasteiger partial charge < -0.3 is 9.84 Å². The lowest BCUT2D eigenvalue weighted by Crippen LogP contribution is -2.54. The molecular formula is C17H17NO3. The topological polar surface area (TPSA) is 58.6 Å². The zero-order valence-corrected chi connectivity index (χ0v) is 11.6. The molecule has 0 aromatic heterocycles. The lowest BCUT2D eigenvalue weighted by Gasteiger charge is -2.36. The fourth-order valence-electron chi connectivity index (χ4n) is 2.70. The first-order valence-electron chi connectivity index (χ1n) is 6.91. The molecule has 1 aliphatic rings. The van der Waals surface area contributed by atoms with E-state index in [4.69, 9.17) is 4.74 Å². The third kappa shape index (κ3) is 2.55. The Morgan fingerprint density at radius 2 is 1.86 bits per heavy atom. The standard InChI is InChI=1S/C17H17NO3/c19-16(20)17(18-10-13-6-2-1-3-7-13)12-21-11-14-8-4-5-9-15(14)17/h1-9,18H,10-12H2,(H,19,20). The van der Waals surface area contributed by atoms with Crippen LogP contribution in [0.4, 0.5) is 0 Å². The number of fused-ring (bicyclic) bond motifs is 1. The summed E-state index contributed by atoms with van der Waals surface area (Å²) in [6.45, 7) is 1.06. The number of carboxylic acids is 1. The van der Waals surface area contributed by atoms with Crippen LogP contribution in [-0.2, 0) is 28.2 Å². The van der Waals surface area contributed by atoms with Crippen molar-refractivity contribution in [2.45, 2.75) is 18.7 Å². The SMILES string of the molecule is O=C(O)C1(NCc2ccccc2)COCc2ccccc21. The van der Waals surface area contributed by atoms with Crippen LogP contribution in [0.3, 0.4) is 0 Å². The quantitative estimate of drug-likeness (QED) is 0.904. The maximum Gasteiger partial charge on any atom is 0.331 e. The predicted octanol–water partition coefficient (Wildman–Crippen LogP) is 2.29. The van der Waals surface area contributed by atoms with Gasteiger partial charge >= 0.3 is 5.97 Å². The molecule has 1 atom stereocenters. The Kier molecular flexibility index (Phi) is 3.73. The average Bonchev–Trinajstić information content (AvgIpc) is 2.53. The molecule has 0 aliphatic carbocycles. The molecular weight excluding hydrogens is 266 g/mol. The highest BCUT2D eigenvalue weighted by Gasteiger charge is 2.44. The highest BCUT2D eigenvalue weighted by Crippen LogP contribution is 2.31. The van der Waals surface area contributed by atoms with Gasteiger partial charge in [0.05, 0.1) is 13.2 Å². The van der Waals surface area contributed by atoms with E-state index in [1.54, 1.807) is 0 Å². The van der Waals surface area contributed by atoms with Gasteiger partial charge in [0.1, 0.15) is 0 Å². The minimum Gasteiger partial charge on any atom is -0.480 e. The number of aliphatic carboxylic acids is 1. The molecule has 0 bridgehead atoms. The van der Waals surface area contributed by atoms with Gasteiger partial charge in [-0.1, -0.05) is 54.6 Å². The first-order valence-corrected chi connectivity index (χ1v) is 6.91. The fraction of sp³-hybridized carbons (Fsp3) is 0.235. The van der Waals surface area contributed by atoms with Crippen molar-refractivity contribution >= 4 is 5.97 Å². The third-order valence-electron chi connectivity index (χ3n) is 3.86. The molecule has 2 N–H and O–H groups in total. The van der Waals surface area contributed by atoms with E-state index in [0.29, 0.717) is 13.2 Å². The number of nitrogens with one attached hydrogen (secondary N) is 1. The number of carboxylic acid groups (broad SMARTS) is 1. The van der Waals surface area contributed by atoms with Gasteiger partial charge in [0.25, 0.3) is 0 Å². The molecule has 21 heavy (non-hydrogen) atoms. The fourth-order valence-corrected chi connectivity index (χ4v) is 2.70. The van der Waals surface area contributed by atoms with E-state index in [1.807, 2.05) is 54.6 Å². The van der Waals surface area contributed by atoms with Gasteiger partial charge in [-0.3, -0.25) is 5.32 Å². The molecule has 3 rings (SSSR count). The van der Waals surface area contributed by atoms with Crippen LogP contribution in [0.5, 0.6) is 0 Å². The van der Waals surface area contributed by atoms with E-state index >= 15 is 0 Å². The number of hydrogen-bond acceptors (Lipinski definition) is 3. The third-order valence-corrected chi connectivity index (χ3v) is 3.86. The zero-order chi connectivity index (χ0) is 14.7. The molecule has 4 heteroatoms. The molecule has 4 nitrogen and oxygen atoms in total. The Morgan fingerprint density at radius 3 is 2.62 bits per heavy atom. The second kappa shape index (κ2) is 5.68. The van der Waals surface area contributed by atoms with Gasteiger partial charge in [-0.05, 0) is 16.7 Å². The summed E-state index contributed by atoms with van der Waals surface area (Å²) in [6.07, 6.45) is 0. The lowest BCUT2D eigenvalue weighted by molar-refractivity contribution is -0.150. The van der Waals surface area contributed by atoms with Crippen molar-refractivity contribution in [1.82, 2.24) is 5.32 Å². The first-order chi connectivity index (χ1) is 10.2. The van der Waals surface area contributed by atoms with Crippen LogP contribution in [0, 0.1) is 0 Å². The maximum absolute atomic E-state index is 11.9. The molecule has 0 radical (unpaired) electrons. The summed E-state index contributed by atoms with van der Waals surface area (Å²) in [4.78, 5) is 11.9. The summed E-state index contributed by atoms with van der Waals surface area (Å²) in [5.74, 6) is -0.911. The molecule has 1 unspecified atom stereocenters. The molecule has 1 heterocycles. The van der Waals surface area contributed by atoms with Gasteiger partial charge in [0.15, 0.2) is 5.54 Å². The van der Waals surface area contributed by atoms with Crippen LogP contribution in [0.2, 0.25) is 0 Å². The normalized spacial score (nSPS) is 20.8. The molecule has 0 spiro atoms. The van der Waals surface area contributed by atoms with Crippen LogP contribution in [0.15, 0.2) is 54.6 Å². The summed E-state index contributed by atoms with van der Waals surface area (Å²) in [5.41, 5.74) is 1.57. The van der Waals surface area contributed by atoms with Crippen molar-refractivity contribution in [2.75, 3.05) is 6.61 Å². The summed E-state index contributed by atoms with van der Waals surface area (Å²) in [7, 11) is 0. The van der Waals surface area contributed by atoms with Crippen molar-refractivity contribution < 1.29 is 14.6 Å². The molecule has 2 aromatic rings. The second-order valence-electron chi connectivity index (χ2n) is 5.20. The molecule has 0 fully saturated rings. The van der Waals surface area contributed by atoms with E-state index in [1.165, 1.54) is 0 Å². The molecule has 1 aliphatic heterocycles.